The predicted octanol–water partition coefficient (Wildman–Crippen LogP) is 1.80. The summed E-state index contributed by atoms with van der Waals surface area (Å²) in [5, 5.41) is 11.9. The molecule has 0 saturated carbocycles. The number of rotatable bonds is 3. The summed E-state index contributed by atoms with van der Waals surface area (Å²) in [7, 11) is 0. The van der Waals surface area contributed by atoms with E-state index < -0.39 is 48.6 Å². The van der Waals surface area contributed by atoms with Gasteiger partial charge in [-0.15, -0.1) is 6.42 Å². The van der Waals surface area contributed by atoms with Crippen LogP contribution in [0.3, 0.4) is 0 Å². The summed E-state index contributed by atoms with van der Waals surface area (Å²) >= 11 is 0. The molecule has 1 N–H and O–H groups in total. The average Bonchev–Trinajstić information content (AvgIpc) is 2.75. The molecule has 0 bridgehead atoms. The maximum Gasteiger partial charge on any atom is 0.325 e. The Kier molecular flexibility index (Phi) is 3.00. The van der Waals surface area contributed by atoms with Crippen LogP contribution >= 0.6 is 0 Å². The first-order valence-electron chi connectivity index (χ1n) is 5.23. The minimum atomic E-state index is -3.56. The van der Waals surface area contributed by atoms with E-state index in [0.29, 0.717) is 4.68 Å². The van der Waals surface area contributed by atoms with E-state index in [-0.39, 0.29) is 5.56 Å². The van der Waals surface area contributed by atoms with Crippen LogP contribution in [0.1, 0.15) is 23.4 Å². The Balaban J connectivity index is 2.60. The van der Waals surface area contributed by atoms with Crippen LogP contribution in [-0.4, -0.2) is 20.9 Å². The summed E-state index contributed by atoms with van der Waals surface area (Å²) in [4.78, 5) is 10.6. The number of carboxylic acids is 1. The lowest BCUT2D eigenvalue weighted by Gasteiger charge is -2.16. The Morgan fingerprint density at radius 1 is 1.63 bits per heavy atom. The summed E-state index contributed by atoms with van der Waals surface area (Å²) in [5.74, 6) is -4.72. The van der Waals surface area contributed by atoms with Crippen molar-refractivity contribution in [1.29, 1.82) is 0 Å². The molecule has 0 radical (unpaired) electrons. The summed E-state index contributed by atoms with van der Waals surface area (Å²) in [6.07, 6.45) is 1.47. The second-order valence-corrected chi connectivity index (χ2v) is 4.11. The number of alkyl halides is 4. The molecule has 19 heavy (non-hydrogen) atoms. The van der Waals surface area contributed by atoms with Crippen LogP contribution in [0.4, 0.5) is 17.6 Å². The number of hydrogen-bond acceptors (Lipinski definition) is 2. The van der Waals surface area contributed by atoms with E-state index in [9.17, 15) is 22.4 Å². The van der Waals surface area contributed by atoms with Crippen LogP contribution in [0.15, 0.2) is 0 Å². The van der Waals surface area contributed by atoms with E-state index in [2.05, 4.69) is 5.10 Å². The highest BCUT2D eigenvalue weighted by Gasteiger charge is 2.53. The van der Waals surface area contributed by atoms with Crippen molar-refractivity contribution < 1.29 is 27.5 Å². The van der Waals surface area contributed by atoms with Crippen molar-refractivity contribution in [1.82, 2.24) is 9.78 Å². The molecular formula is C11H8F4N2O2. The summed E-state index contributed by atoms with van der Waals surface area (Å²) in [6, 6.07) is 0. The Labute approximate surface area is 105 Å². The first kappa shape index (κ1) is 13.4. The van der Waals surface area contributed by atoms with Crippen molar-refractivity contribution in [3.05, 3.63) is 17.0 Å². The van der Waals surface area contributed by atoms with Crippen molar-refractivity contribution in [2.45, 2.75) is 25.3 Å². The summed E-state index contributed by atoms with van der Waals surface area (Å²) in [6.45, 7) is -0.915. The van der Waals surface area contributed by atoms with Crippen LogP contribution in [-0.2, 0) is 23.7 Å². The number of terminal acetylenes is 1. The van der Waals surface area contributed by atoms with Gasteiger partial charge in [-0.1, -0.05) is 5.92 Å². The minimum absolute atomic E-state index is 0.343. The van der Waals surface area contributed by atoms with E-state index in [1.54, 1.807) is 0 Å². The Hall–Kier alpha value is -2.04. The lowest BCUT2D eigenvalue weighted by Crippen LogP contribution is -2.25. The zero-order chi connectivity index (χ0) is 14.4. The van der Waals surface area contributed by atoms with Gasteiger partial charge < -0.3 is 5.11 Å². The van der Waals surface area contributed by atoms with Crippen molar-refractivity contribution in [3.63, 3.8) is 0 Å². The maximum atomic E-state index is 13.9. The van der Waals surface area contributed by atoms with Gasteiger partial charge in [0.2, 0.25) is 0 Å². The molecule has 0 spiro atoms. The van der Waals surface area contributed by atoms with Crippen molar-refractivity contribution in [2.24, 2.45) is 5.92 Å². The zero-order valence-electron chi connectivity index (χ0n) is 9.41. The lowest BCUT2D eigenvalue weighted by molar-refractivity contribution is -0.138. The number of carboxylic acid groups (broad SMARTS) is 1. The van der Waals surface area contributed by atoms with Crippen molar-refractivity contribution in [3.8, 4) is 12.3 Å². The molecule has 102 valence electrons. The predicted molar refractivity (Wildman–Crippen MR) is 54.7 cm³/mol. The third-order valence-corrected chi connectivity index (χ3v) is 2.94. The number of carbonyl (C=O) groups is 1. The molecule has 1 atom stereocenters. The minimum Gasteiger partial charge on any atom is -0.480 e. The van der Waals surface area contributed by atoms with Gasteiger partial charge >= 0.3 is 11.9 Å². The van der Waals surface area contributed by atoms with Crippen molar-refractivity contribution >= 4 is 5.97 Å². The second kappa shape index (κ2) is 4.26. The molecule has 0 aliphatic heterocycles. The van der Waals surface area contributed by atoms with E-state index in [0.717, 1.165) is 0 Å². The molecule has 1 aromatic rings. The van der Waals surface area contributed by atoms with Crippen LogP contribution in [0.2, 0.25) is 0 Å². The van der Waals surface area contributed by atoms with Gasteiger partial charge in [0.05, 0.1) is 5.92 Å². The molecule has 8 heteroatoms. The third kappa shape index (κ3) is 1.95. The number of halogens is 4. The van der Waals surface area contributed by atoms with Crippen LogP contribution in [0, 0.1) is 18.3 Å². The van der Waals surface area contributed by atoms with Crippen LogP contribution < -0.4 is 0 Å². The average molecular weight is 276 g/mol. The van der Waals surface area contributed by atoms with Crippen molar-refractivity contribution in [2.75, 3.05) is 0 Å². The quantitative estimate of drug-likeness (QED) is 0.676. The zero-order valence-corrected chi connectivity index (χ0v) is 9.41. The number of aromatic nitrogens is 2. The largest absolute Gasteiger partial charge is 0.480 e. The van der Waals surface area contributed by atoms with Gasteiger partial charge in [-0.05, 0) is 6.42 Å². The first-order chi connectivity index (χ1) is 8.78. The van der Waals surface area contributed by atoms with E-state index in [1.807, 2.05) is 5.92 Å². The molecule has 0 unspecified atom stereocenters. The van der Waals surface area contributed by atoms with Gasteiger partial charge in [-0.25, -0.2) is 8.78 Å². The molecule has 0 aromatic carbocycles. The number of hydrogen-bond donors (Lipinski definition) is 1. The standard InChI is InChI=1S/C11H8F4N2O2/c1-2-5-3-6-8(10(12)13)16-17(4-7(18)19)9(6)11(5,14)15/h1,5,10H,3-4H2,(H,18,19)/t5-/m1/s1. The fraction of sp³-hybridized carbons (Fsp3) is 0.455. The number of nitrogens with zero attached hydrogens (tertiary/aromatic N) is 2. The Bertz CT molecular complexity index is 574. The summed E-state index contributed by atoms with van der Waals surface area (Å²) in [5.41, 5.74) is -1.98. The maximum absolute atomic E-state index is 13.9. The molecule has 0 saturated heterocycles. The lowest BCUT2D eigenvalue weighted by atomic mass is 10.0. The topological polar surface area (TPSA) is 55.1 Å². The molecule has 1 aliphatic rings. The highest BCUT2D eigenvalue weighted by molar-refractivity contribution is 5.66. The third-order valence-electron chi connectivity index (χ3n) is 2.94. The Morgan fingerprint density at radius 3 is 2.74 bits per heavy atom. The molecule has 1 heterocycles. The fourth-order valence-corrected chi connectivity index (χ4v) is 2.17. The molecular weight excluding hydrogens is 268 g/mol. The van der Waals surface area contributed by atoms with Gasteiger partial charge in [0.15, 0.2) is 0 Å². The molecule has 0 amide bonds. The normalized spacial score (nSPS) is 20.3. The van der Waals surface area contributed by atoms with Crippen LogP contribution in [0.25, 0.3) is 0 Å². The monoisotopic (exact) mass is 276 g/mol. The molecule has 0 fully saturated rings. The molecule has 4 nitrogen and oxygen atoms in total. The number of fused-ring (bicyclic) bond motifs is 1. The fourth-order valence-electron chi connectivity index (χ4n) is 2.17. The molecule has 1 aliphatic carbocycles. The van der Waals surface area contributed by atoms with Gasteiger partial charge in [0.25, 0.3) is 6.43 Å². The highest BCUT2D eigenvalue weighted by Crippen LogP contribution is 2.48. The molecule has 2 rings (SSSR count). The second-order valence-electron chi connectivity index (χ2n) is 4.11. The highest BCUT2D eigenvalue weighted by atomic mass is 19.3. The smallest absolute Gasteiger partial charge is 0.325 e. The van der Waals surface area contributed by atoms with Gasteiger partial charge in [-0.2, -0.15) is 13.9 Å². The van der Waals surface area contributed by atoms with Gasteiger partial charge in [0.1, 0.15) is 17.9 Å². The first-order valence-corrected chi connectivity index (χ1v) is 5.23. The summed E-state index contributed by atoms with van der Waals surface area (Å²) < 4.78 is 53.8. The van der Waals surface area contributed by atoms with Crippen LogP contribution in [0.5, 0.6) is 0 Å². The SMILES string of the molecule is C#C[C@@H]1Cc2c(C(F)F)nn(CC(=O)O)c2C1(F)F. The Morgan fingerprint density at radius 2 is 2.26 bits per heavy atom. The van der Waals surface area contributed by atoms with Gasteiger partial charge in [-0.3, -0.25) is 9.48 Å². The molecule has 1 aromatic heterocycles. The number of aliphatic carboxylic acids is 1. The van der Waals surface area contributed by atoms with E-state index in [4.69, 9.17) is 11.5 Å². The van der Waals surface area contributed by atoms with Gasteiger partial charge in [0, 0.05) is 5.56 Å². The van der Waals surface area contributed by atoms with E-state index >= 15 is 0 Å². The van der Waals surface area contributed by atoms with E-state index in [1.165, 1.54) is 0 Å².